The minimum absolute atomic E-state index is 0.0981. The standard InChI is InChI=1S/C8H11NO3/c1-11-8(10)6-4-2-3-5(12-4)7(6)9/h2-7H,9H2,1H3/t4-,5-,6-,7-/m0/s1. The van der Waals surface area contributed by atoms with Crippen LogP contribution in [0.4, 0.5) is 0 Å². The number of nitrogens with two attached hydrogens (primary N) is 1. The molecule has 0 spiro atoms. The maximum atomic E-state index is 11.2. The minimum Gasteiger partial charge on any atom is -0.469 e. The van der Waals surface area contributed by atoms with Crippen molar-refractivity contribution in [1.82, 2.24) is 0 Å². The highest BCUT2D eigenvalue weighted by atomic mass is 16.5. The summed E-state index contributed by atoms with van der Waals surface area (Å²) in [5.41, 5.74) is 5.76. The van der Waals surface area contributed by atoms with Crippen molar-refractivity contribution in [1.29, 1.82) is 0 Å². The van der Waals surface area contributed by atoms with Gasteiger partial charge in [0.05, 0.1) is 25.4 Å². The Morgan fingerprint density at radius 2 is 2.17 bits per heavy atom. The molecule has 4 heteroatoms. The first kappa shape index (κ1) is 7.76. The first-order valence-electron chi connectivity index (χ1n) is 3.91. The van der Waals surface area contributed by atoms with Crippen molar-refractivity contribution in [2.75, 3.05) is 7.11 Å². The van der Waals surface area contributed by atoms with Crippen molar-refractivity contribution in [2.24, 2.45) is 11.7 Å². The zero-order chi connectivity index (χ0) is 8.72. The normalized spacial score (nSPS) is 43.5. The third-order valence-electron chi connectivity index (χ3n) is 2.43. The van der Waals surface area contributed by atoms with E-state index in [4.69, 9.17) is 10.5 Å². The average Bonchev–Trinajstić information content (AvgIpc) is 2.63. The lowest BCUT2D eigenvalue weighted by Gasteiger charge is -2.18. The van der Waals surface area contributed by atoms with Crippen molar-refractivity contribution < 1.29 is 14.3 Å². The van der Waals surface area contributed by atoms with Gasteiger partial charge in [-0.1, -0.05) is 12.2 Å². The van der Waals surface area contributed by atoms with Crippen LogP contribution in [0, 0.1) is 5.92 Å². The molecule has 2 aliphatic heterocycles. The Hall–Kier alpha value is -0.870. The van der Waals surface area contributed by atoms with E-state index >= 15 is 0 Å². The molecule has 0 aromatic heterocycles. The molecule has 4 nitrogen and oxygen atoms in total. The molecular formula is C8H11NO3. The summed E-state index contributed by atoms with van der Waals surface area (Å²) in [6.45, 7) is 0. The lowest BCUT2D eigenvalue weighted by Crippen LogP contribution is -2.42. The van der Waals surface area contributed by atoms with Crippen molar-refractivity contribution in [2.45, 2.75) is 18.2 Å². The van der Waals surface area contributed by atoms with E-state index < -0.39 is 0 Å². The van der Waals surface area contributed by atoms with E-state index in [0.717, 1.165) is 0 Å². The van der Waals surface area contributed by atoms with Crippen molar-refractivity contribution in [3.63, 3.8) is 0 Å². The van der Waals surface area contributed by atoms with Gasteiger partial charge in [-0.15, -0.1) is 0 Å². The van der Waals surface area contributed by atoms with Gasteiger partial charge in [0.15, 0.2) is 0 Å². The molecule has 2 N–H and O–H groups in total. The van der Waals surface area contributed by atoms with E-state index in [1.165, 1.54) is 7.11 Å². The van der Waals surface area contributed by atoms with E-state index in [1.54, 1.807) is 0 Å². The van der Waals surface area contributed by atoms with E-state index in [0.29, 0.717) is 0 Å². The quantitative estimate of drug-likeness (QED) is 0.422. The van der Waals surface area contributed by atoms with Crippen LogP contribution in [0.2, 0.25) is 0 Å². The second-order valence-corrected chi connectivity index (χ2v) is 3.08. The van der Waals surface area contributed by atoms with Gasteiger partial charge in [-0.3, -0.25) is 4.79 Å². The van der Waals surface area contributed by atoms with Crippen LogP contribution < -0.4 is 5.73 Å². The highest BCUT2D eigenvalue weighted by Gasteiger charge is 2.48. The average molecular weight is 169 g/mol. The maximum absolute atomic E-state index is 11.2. The van der Waals surface area contributed by atoms with Crippen LogP contribution in [-0.2, 0) is 14.3 Å². The molecule has 1 saturated heterocycles. The molecule has 0 saturated carbocycles. The van der Waals surface area contributed by atoms with Gasteiger partial charge in [0.1, 0.15) is 5.92 Å². The van der Waals surface area contributed by atoms with Gasteiger partial charge in [0.2, 0.25) is 0 Å². The molecular weight excluding hydrogens is 158 g/mol. The Bertz CT molecular complexity index is 238. The summed E-state index contributed by atoms with van der Waals surface area (Å²) in [4.78, 5) is 11.2. The first-order chi connectivity index (χ1) is 5.74. The van der Waals surface area contributed by atoms with Gasteiger partial charge in [-0.25, -0.2) is 0 Å². The Kier molecular flexibility index (Phi) is 1.66. The number of carbonyl (C=O) groups excluding carboxylic acids is 1. The molecule has 2 rings (SSSR count). The first-order valence-corrected chi connectivity index (χ1v) is 3.91. The van der Waals surface area contributed by atoms with Crippen molar-refractivity contribution in [3.8, 4) is 0 Å². The molecule has 2 heterocycles. The van der Waals surface area contributed by atoms with Crippen LogP contribution in [0.15, 0.2) is 12.2 Å². The predicted octanol–water partition coefficient (Wildman–Crippen LogP) is -0.560. The molecule has 0 aliphatic carbocycles. The number of hydrogen-bond donors (Lipinski definition) is 1. The van der Waals surface area contributed by atoms with E-state index in [-0.39, 0.29) is 30.1 Å². The fourth-order valence-electron chi connectivity index (χ4n) is 1.77. The Morgan fingerprint density at radius 1 is 1.50 bits per heavy atom. The number of methoxy groups -OCH3 is 1. The maximum Gasteiger partial charge on any atom is 0.313 e. The Labute approximate surface area is 70.3 Å². The molecule has 2 bridgehead atoms. The summed E-state index contributed by atoms with van der Waals surface area (Å²) >= 11 is 0. The number of ether oxygens (including phenoxy) is 2. The molecule has 2 aliphatic rings. The van der Waals surface area contributed by atoms with Crippen molar-refractivity contribution >= 4 is 5.97 Å². The summed E-state index contributed by atoms with van der Waals surface area (Å²) in [5, 5.41) is 0. The van der Waals surface area contributed by atoms with E-state index in [2.05, 4.69) is 4.74 Å². The SMILES string of the molecule is COC(=O)[C@@H]1[C@@H](N)[C@@H]2C=C[C@@H]1O2. The van der Waals surface area contributed by atoms with Crippen LogP contribution >= 0.6 is 0 Å². The zero-order valence-corrected chi connectivity index (χ0v) is 6.77. The smallest absolute Gasteiger partial charge is 0.313 e. The van der Waals surface area contributed by atoms with Gasteiger partial charge in [0.25, 0.3) is 0 Å². The molecule has 12 heavy (non-hydrogen) atoms. The monoisotopic (exact) mass is 169 g/mol. The topological polar surface area (TPSA) is 61.5 Å². The predicted molar refractivity (Wildman–Crippen MR) is 41.3 cm³/mol. The molecule has 0 unspecified atom stereocenters. The van der Waals surface area contributed by atoms with Crippen LogP contribution in [0.1, 0.15) is 0 Å². The zero-order valence-electron chi connectivity index (χ0n) is 6.77. The number of esters is 1. The van der Waals surface area contributed by atoms with Crippen molar-refractivity contribution in [3.05, 3.63) is 12.2 Å². The van der Waals surface area contributed by atoms with Gasteiger partial charge in [0, 0.05) is 0 Å². The second-order valence-electron chi connectivity index (χ2n) is 3.08. The van der Waals surface area contributed by atoms with Crippen LogP contribution in [-0.4, -0.2) is 31.3 Å². The molecule has 66 valence electrons. The van der Waals surface area contributed by atoms with Gasteiger partial charge >= 0.3 is 5.97 Å². The number of fused-ring (bicyclic) bond motifs is 2. The molecule has 4 atom stereocenters. The lowest BCUT2D eigenvalue weighted by molar-refractivity contribution is -0.146. The molecule has 1 fully saturated rings. The highest BCUT2D eigenvalue weighted by Crippen LogP contribution is 2.33. The molecule has 0 aromatic carbocycles. The molecule has 0 amide bonds. The molecule has 0 aromatic rings. The number of hydrogen-bond acceptors (Lipinski definition) is 4. The van der Waals surface area contributed by atoms with E-state index in [1.807, 2.05) is 12.2 Å². The van der Waals surface area contributed by atoms with Gasteiger partial charge in [-0.2, -0.15) is 0 Å². The second kappa shape index (κ2) is 2.57. The minimum atomic E-state index is -0.315. The van der Waals surface area contributed by atoms with Crippen LogP contribution in [0.3, 0.4) is 0 Å². The van der Waals surface area contributed by atoms with Gasteiger partial charge in [-0.05, 0) is 0 Å². The van der Waals surface area contributed by atoms with Gasteiger partial charge < -0.3 is 15.2 Å². The lowest BCUT2D eigenvalue weighted by atomic mass is 9.90. The fourth-order valence-corrected chi connectivity index (χ4v) is 1.77. The number of rotatable bonds is 1. The largest absolute Gasteiger partial charge is 0.469 e. The third-order valence-corrected chi connectivity index (χ3v) is 2.43. The summed E-state index contributed by atoms with van der Waals surface area (Å²) < 4.78 is 10.0. The van der Waals surface area contributed by atoms with E-state index in [9.17, 15) is 4.79 Å². The van der Waals surface area contributed by atoms with Crippen LogP contribution in [0.5, 0.6) is 0 Å². The molecule has 0 radical (unpaired) electrons. The number of carbonyl (C=O) groups is 1. The Morgan fingerprint density at radius 3 is 2.67 bits per heavy atom. The third kappa shape index (κ3) is 0.884. The summed E-state index contributed by atoms with van der Waals surface area (Å²) in [7, 11) is 1.37. The highest BCUT2D eigenvalue weighted by molar-refractivity contribution is 5.75. The fraction of sp³-hybridized carbons (Fsp3) is 0.625. The summed E-state index contributed by atoms with van der Waals surface area (Å²) in [5.74, 6) is -0.593. The summed E-state index contributed by atoms with van der Waals surface area (Å²) in [6, 6.07) is -0.243. The summed E-state index contributed by atoms with van der Waals surface area (Å²) in [6.07, 6.45) is 3.50. The Balaban J connectivity index is 2.18. The van der Waals surface area contributed by atoms with Crippen LogP contribution in [0.25, 0.3) is 0 Å².